The van der Waals surface area contributed by atoms with E-state index in [0.29, 0.717) is 5.69 Å². The average Bonchev–Trinajstić information content (AvgIpc) is 2.54. The second kappa shape index (κ2) is 12.9. The van der Waals surface area contributed by atoms with Gasteiger partial charge in [0.15, 0.2) is 0 Å². The summed E-state index contributed by atoms with van der Waals surface area (Å²) in [5.74, 6) is 0.816. The number of unbranched alkanes of at least 4 members (excludes halogenated alkanes) is 1. The number of hydrogen-bond acceptors (Lipinski definition) is 3. The number of carbonyl (C=O) groups is 1. The van der Waals surface area contributed by atoms with Crippen LogP contribution in [0.4, 0.5) is 10.5 Å². The maximum absolute atomic E-state index is 11.9. The zero-order valence-electron chi connectivity index (χ0n) is 15.2. The van der Waals surface area contributed by atoms with E-state index < -0.39 is 6.09 Å². The molecule has 0 saturated heterocycles. The van der Waals surface area contributed by atoms with Gasteiger partial charge in [0.2, 0.25) is 0 Å². The summed E-state index contributed by atoms with van der Waals surface area (Å²) in [7, 11) is 0. The molecular formula is C18H31ClN2O3. The fraction of sp³-hybridized carbons (Fsp3) is 0.611. The van der Waals surface area contributed by atoms with Gasteiger partial charge in [0.25, 0.3) is 0 Å². The molecule has 0 aromatic heterocycles. The summed E-state index contributed by atoms with van der Waals surface area (Å²) >= 11 is 0. The number of carbonyl (C=O) groups excluding carboxylic acids is 1. The molecule has 1 unspecified atom stereocenters. The van der Waals surface area contributed by atoms with Crippen molar-refractivity contribution in [3.05, 3.63) is 24.3 Å². The van der Waals surface area contributed by atoms with Crippen molar-refractivity contribution in [1.82, 2.24) is 0 Å². The summed E-state index contributed by atoms with van der Waals surface area (Å²) in [5, 5.41) is 2.75. The van der Waals surface area contributed by atoms with E-state index in [0.717, 1.165) is 44.8 Å². The monoisotopic (exact) mass is 358 g/mol. The lowest BCUT2D eigenvalue weighted by Gasteiger charge is -2.20. The highest BCUT2D eigenvalue weighted by Gasteiger charge is 2.14. The van der Waals surface area contributed by atoms with E-state index in [1.54, 1.807) is 0 Å². The van der Waals surface area contributed by atoms with Crippen LogP contribution in [0.2, 0.25) is 0 Å². The smallest absolute Gasteiger partial charge is 0.412 e. The van der Waals surface area contributed by atoms with E-state index in [9.17, 15) is 4.79 Å². The maximum Gasteiger partial charge on any atom is 0.412 e. The minimum absolute atomic E-state index is 0. The number of halogens is 1. The number of quaternary nitrogens is 1. The predicted octanol–water partition coefficient (Wildman–Crippen LogP) is -0.269. The maximum atomic E-state index is 11.9. The Morgan fingerprint density at radius 3 is 2.33 bits per heavy atom. The molecule has 0 bridgehead atoms. The SMILES string of the molecule is CCCCOc1ccc(NC(=O)OC(C)C[NH+](CC)CC)cc1.[Cl-]. The first kappa shape index (κ1) is 22.5. The molecule has 0 spiro atoms. The van der Waals surface area contributed by atoms with Crippen LogP contribution in [0, 0.1) is 0 Å². The largest absolute Gasteiger partial charge is 1.00 e. The molecule has 0 heterocycles. The first-order chi connectivity index (χ1) is 11.1. The fourth-order valence-electron chi connectivity index (χ4n) is 2.29. The molecule has 1 aromatic rings. The van der Waals surface area contributed by atoms with Crippen LogP contribution in [-0.2, 0) is 4.74 Å². The van der Waals surface area contributed by atoms with Gasteiger partial charge in [-0.3, -0.25) is 5.32 Å². The molecule has 138 valence electrons. The minimum Gasteiger partial charge on any atom is -1.00 e. The molecule has 2 N–H and O–H groups in total. The van der Waals surface area contributed by atoms with E-state index in [1.165, 1.54) is 4.90 Å². The van der Waals surface area contributed by atoms with Crippen LogP contribution < -0.4 is 27.4 Å². The van der Waals surface area contributed by atoms with Crippen LogP contribution in [0.15, 0.2) is 24.3 Å². The lowest BCUT2D eigenvalue weighted by atomic mass is 10.3. The van der Waals surface area contributed by atoms with Crippen LogP contribution in [0.1, 0.15) is 40.5 Å². The Bertz CT molecular complexity index is 450. The van der Waals surface area contributed by atoms with Gasteiger partial charge in [-0.25, -0.2) is 4.79 Å². The molecule has 0 aliphatic heterocycles. The molecule has 1 atom stereocenters. The molecule has 1 amide bonds. The first-order valence-corrected chi connectivity index (χ1v) is 8.63. The van der Waals surface area contributed by atoms with Gasteiger partial charge in [0, 0.05) is 5.69 Å². The summed E-state index contributed by atoms with van der Waals surface area (Å²) in [5.41, 5.74) is 0.709. The molecule has 0 radical (unpaired) electrons. The molecule has 1 aromatic carbocycles. The molecule has 0 aliphatic carbocycles. The van der Waals surface area contributed by atoms with E-state index >= 15 is 0 Å². The van der Waals surface area contributed by atoms with E-state index in [4.69, 9.17) is 9.47 Å². The van der Waals surface area contributed by atoms with Crippen LogP contribution in [0.5, 0.6) is 5.75 Å². The number of likely N-dealkylation sites (N-methyl/N-ethyl adjacent to an activating group) is 1. The van der Waals surface area contributed by atoms with Crippen molar-refractivity contribution in [1.29, 1.82) is 0 Å². The third-order valence-corrected chi connectivity index (χ3v) is 3.75. The number of anilines is 1. The van der Waals surface area contributed by atoms with Gasteiger partial charge < -0.3 is 26.8 Å². The van der Waals surface area contributed by atoms with Crippen molar-refractivity contribution in [3.8, 4) is 5.75 Å². The Labute approximate surface area is 152 Å². The van der Waals surface area contributed by atoms with Crippen LogP contribution in [-0.4, -0.2) is 38.4 Å². The van der Waals surface area contributed by atoms with Gasteiger partial charge in [-0.15, -0.1) is 0 Å². The Balaban J connectivity index is 0.00000529. The highest BCUT2D eigenvalue weighted by Crippen LogP contribution is 2.16. The van der Waals surface area contributed by atoms with Gasteiger partial charge in [-0.05, 0) is 51.5 Å². The number of nitrogens with one attached hydrogen (secondary N) is 2. The summed E-state index contributed by atoms with van der Waals surface area (Å²) in [6.07, 6.45) is 1.63. The van der Waals surface area contributed by atoms with Crippen molar-refractivity contribution in [2.24, 2.45) is 0 Å². The van der Waals surface area contributed by atoms with Gasteiger partial charge in [0.1, 0.15) is 18.4 Å². The van der Waals surface area contributed by atoms with Crippen LogP contribution in [0.3, 0.4) is 0 Å². The lowest BCUT2D eigenvalue weighted by molar-refractivity contribution is -0.899. The molecule has 0 fully saturated rings. The van der Waals surface area contributed by atoms with Gasteiger partial charge in [-0.1, -0.05) is 13.3 Å². The standard InChI is InChI=1S/C18H30N2O3.ClH/c1-5-8-13-22-17-11-9-16(10-12-17)19-18(21)23-15(4)14-20(6-2)7-3;/h9-12,15H,5-8,13-14H2,1-4H3,(H,19,21);1H. The summed E-state index contributed by atoms with van der Waals surface area (Å²) in [4.78, 5) is 13.3. The lowest BCUT2D eigenvalue weighted by Crippen LogP contribution is -3.12. The van der Waals surface area contributed by atoms with Crippen molar-refractivity contribution in [2.45, 2.75) is 46.6 Å². The molecule has 0 aliphatic rings. The number of ether oxygens (including phenoxy) is 2. The highest BCUT2D eigenvalue weighted by molar-refractivity contribution is 5.84. The molecular weight excluding hydrogens is 328 g/mol. The van der Waals surface area contributed by atoms with E-state index in [-0.39, 0.29) is 18.5 Å². The zero-order valence-corrected chi connectivity index (χ0v) is 16.0. The minimum atomic E-state index is -0.413. The van der Waals surface area contributed by atoms with E-state index in [2.05, 4.69) is 26.1 Å². The average molecular weight is 359 g/mol. The Morgan fingerprint density at radius 1 is 1.17 bits per heavy atom. The molecule has 1 rings (SSSR count). The first-order valence-electron chi connectivity index (χ1n) is 8.63. The van der Waals surface area contributed by atoms with Crippen molar-refractivity contribution >= 4 is 11.8 Å². The molecule has 24 heavy (non-hydrogen) atoms. The Hall–Kier alpha value is -1.46. The van der Waals surface area contributed by atoms with Gasteiger partial charge in [0.05, 0.1) is 19.7 Å². The zero-order chi connectivity index (χ0) is 17.1. The van der Waals surface area contributed by atoms with Crippen molar-refractivity contribution < 1.29 is 31.6 Å². The molecule has 6 heteroatoms. The third-order valence-electron chi connectivity index (χ3n) is 3.75. The van der Waals surface area contributed by atoms with E-state index in [1.807, 2.05) is 31.2 Å². The Kier molecular flexibility index (Phi) is 12.1. The second-order valence-corrected chi connectivity index (χ2v) is 5.73. The highest BCUT2D eigenvalue weighted by atomic mass is 35.5. The quantitative estimate of drug-likeness (QED) is 0.566. The normalized spacial score (nSPS) is 11.5. The van der Waals surface area contributed by atoms with Gasteiger partial charge in [-0.2, -0.15) is 0 Å². The topological polar surface area (TPSA) is 52.0 Å². The number of benzene rings is 1. The van der Waals surface area contributed by atoms with Crippen LogP contribution in [0.25, 0.3) is 0 Å². The fourth-order valence-corrected chi connectivity index (χ4v) is 2.29. The van der Waals surface area contributed by atoms with Gasteiger partial charge >= 0.3 is 6.09 Å². The number of rotatable bonds is 10. The molecule has 5 nitrogen and oxygen atoms in total. The second-order valence-electron chi connectivity index (χ2n) is 5.73. The third kappa shape index (κ3) is 8.99. The Morgan fingerprint density at radius 2 is 1.79 bits per heavy atom. The summed E-state index contributed by atoms with van der Waals surface area (Å²) < 4.78 is 11.0. The van der Waals surface area contributed by atoms with Crippen molar-refractivity contribution in [3.63, 3.8) is 0 Å². The number of hydrogen-bond donors (Lipinski definition) is 2. The van der Waals surface area contributed by atoms with Crippen molar-refractivity contribution in [2.75, 3.05) is 31.6 Å². The molecule has 0 saturated carbocycles. The summed E-state index contributed by atoms with van der Waals surface area (Å²) in [6, 6.07) is 7.36. The number of amides is 1. The predicted molar refractivity (Wildman–Crippen MR) is 93.3 cm³/mol. The summed E-state index contributed by atoms with van der Waals surface area (Å²) in [6.45, 7) is 11.9. The van der Waals surface area contributed by atoms with Crippen LogP contribution >= 0.6 is 0 Å².